The molecular weight excluding hydrogens is 422 g/mol. The highest BCUT2D eigenvalue weighted by Crippen LogP contribution is 2.56. The normalized spacial score (nSPS) is 21.7. The van der Waals surface area contributed by atoms with Crippen LogP contribution in [0.5, 0.6) is 5.75 Å². The highest BCUT2D eigenvalue weighted by atomic mass is 35.5. The van der Waals surface area contributed by atoms with E-state index < -0.39 is 5.82 Å². The van der Waals surface area contributed by atoms with Gasteiger partial charge in [0.2, 0.25) is 0 Å². The van der Waals surface area contributed by atoms with Crippen LogP contribution in [0.15, 0.2) is 36.4 Å². The molecule has 1 saturated heterocycles. The largest absolute Gasteiger partial charge is 0.490 e. The predicted octanol–water partition coefficient (Wildman–Crippen LogP) is 6.75. The van der Waals surface area contributed by atoms with Crippen LogP contribution in [0.25, 0.3) is 0 Å². The van der Waals surface area contributed by atoms with E-state index in [1.807, 2.05) is 51.8 Å². The molecule has 3 nitrogen and oxygen atoms in total. The fourth-order valence-corrected chi connectivity index (χ4v) is 4.72. The molecule has 2 aliphatic heterocycles. The summed E-state index contributed by atoms with van der Waals surface area (Å²) in [5.41, 5.74) is 1.84. The first-order valence-corrected chi connectivity index (χ1v) is 11.1. The van der Waals surface area contributed by atoms with Crippen molar-refractivity contribution in [2.24, 2.45) is 11.3 Å². The second-order valence-electron chi connectivity index (χ2n) is 7.84. The minimum Gasteiger partial charge on any atom is -0.490 e. The molecular formula is C25H31ClF2O3. The van der Waals surface area contributed by atoms with Crippen LogP contribution in [-0.4, -0.2) is 26.6 Å². The first-order chi connectivity index (χ1) is 15.0. The molecule has 0 radical (unpaired) electrons. The smallest absolute Gasteiger partial charge is 0.165 e. The highest BCUT2D eigenvalue weighted by molar-refractivity contribution is 6.30. The molecule has 6 heteroatoms. The average Bonchev–Trinajstić information content (AvgIpc) is 2.79. The molecule has 2 fully saturated rings. The highest BCUT2D eigenvalue weighted by Gasteiger charge is 2.53. The number of benzene rings is 2. The number of carbonyl (C=O) groups is 1. The minimum atomic E-state index is -0.445. The Hall–Kier alpha value is -1.98. The van der Waals surface area contributed by atoms with E-state index in [-0.39, 0.29) is 28.8 Å². The van der Waals surface area contributed by atoms with Gasteiger partial charge in [0.1, 0.15) is 12.6 Å². The lowest BCUT2D eigenvalue weighted by Crippen LogP contribution is -2.55. The molecule has 0 bridgehead atoms. The summed E-state index contributed by atoms with van der Waals surface area (Å²) < 4.78 is 38.8. The molecule has 2 aromatic carbocycles. The summed E-state index contributed by atoms with van der Waals surface area (Å²) in [6.07, 6.45) is 3.09. The van der Waals surface area contributed by atoms with Crippen molar-refractivity contribution in [3.63, 3.8) is 0 Å². The molecule has 1 spiro atoms. The topological polar surface area (TPSA) is 35.5 Å². The zero-order valence-corrected chi connectivity index (χ0v) is 19.2. The van der Waals surface area contributed by atoms with Gasteiger partial charge in [-0.1, -0.05) is 49.6 Å². The number of halogens is 3. The summed E-state index contributed by atoms with van der Waals surface area (Å²) >= 11 is 5.61. The lowest BCUT2D eigenvalue weighted by Gasteiger charge is -2.54. The monoisotopic (exact) mass is 452 g/mol. The van der Waals surface area contributed by atoms with E-state index in [0.717, 1.165) is 43.6 Å². The van der Waals surface area contributed by atoms with E-state index in [1.54, 1.807) is 0 Å². The molecule has 1 unspecified atom stereocenters. The third kappa shape index (κ3) is 5.45. The number of fused-ring (bicyclic) bond motifs is 4. The lowest BCUT2D eigenvalue weighted by atomic mass is 9.58. The summed E-state index contributed by atoms with van der Waals surface area (Å²) in [5.74, 6) is -0.294. The molecule has 2 heterocycles. The van der Waals surface area contributed by atoms with Crippen LogP contribution in [0.2, 0.25) is 5.02 Å². The van der Waals surface area contributed by atoms with Crippen molar-refractivity contribution in [3.8, 4) is 5.75 Å². The molecule has 0 aromatic heterocycles. The van der Waals surface area contributed by atoms with E-state index in [1.165, 1.54) is 11.6 Å². The van der Waals surface area contributed by atoms with Gasteiger partial charge in [0.05, 0.1) is 19.8 Å². The second kappa shape index (κ2) is 11.6. The van der Waals surface area contributed by atoms with Gasteiger partial charge in [-0.3, -0.25) is 0 Å². The Labute approximate surface area is 188 Å². The van der Waals surface area contributed by atoms with Gasteiger partial charge in [0.25, 0.3) is 0 Å². The molecule has 31 heavy (non-hydrogen) atoms. The van der Waals surface area contributed by atoms with Crippen molar-refractivity contribution >= 4 is 18.4 Å². The number of hydrogen-bond acceptors (Lipinski definition) is 3. The van der Waals surface area contributed by atoms with Crippen LogP contribution >= 0.6 is 11.6 Å². The molecule has 1 saturated carbocycles. The maximum absolute atomic E-state index is 14.1. The van der Waals surface area contributed by atoms with E-state index in [0.29, 0.717) is 12.2 Å². The molecule has 1 aliphatic carbocycles. The van der Waals surface area contributed by atoms with Gasteiger partial charge in [0, 0.05) is 21.9 Å². The van der Waals surface area contributed by atoms with E-state index in [9.17, 15) is 8.78 Å². The van der Waals surface area contributed by atoms with Crippen molar-refractivity contribution in [2.75, 3.05) is 19.8 Å². The van der Waals surface area contributed by atoms with Crippen molar-refractivity contribution in [3.05, 3.63) is 64.2 Å². The molecule has 0 amide bonds. The number of aryl methyl sites for hydroxylation is 1. The fourth-order valence-electron chi connectivity index (χ4n) is 4.60. The summed E-state index contributed by atoms with van der Waals surface area (Å²) in [7, 11) is 0. The predicted molar refractivity (Wildman–Crippen MR) is 120 cm³/mol. The second-order valence-corrected chi connectivity index (χ2v) is 8.28. The first-order valence-electron chi connectivity index (χ1n) is 10.7. The molecule has 0 N–H and O–H groups in total. The van der Waals surface area contributed by atoms with Crippen molar-refractivity contribution in [1.29, 1.82) is 0 Å². The Balaban J connectivity index is 0.000000240. The van der Waals surface area contributed by atoms with Crippen LogP contribution in [0.4, 0.5) is 8.78 Å². The standard InChI is InChI=1S/C15H16F2O2.C7H7Cl.C2H6.CH2O/c16-11-3-4-12(17)14-13(11)9-2-1-5-15(7-18-8-15)10(9)6-19-14;1-6-2-4-7(8)5-3-6;2*1-2/h3-4,9-10H,1-2,5-8H2;2-5H,1H3;1-2H3;1H2/t9?,10-;;;/m1.../s1. The number of rotatable bonds is 0. The summed E-state index contributed by atoms with van der Waals surface area (Å²) in [6.45, 7) is 10.0. The van der Waals surface area contributed by atoms with Gasteiger partial charge < -0.3 is 14.3 Å². The van der Waals surface area contributed by atoms with Gasteiger partial charge in [-0.25, -0.2) is 8.78 Å². The van der Waals surface area contributed by atoms with Gasteiger partial charge in [-0.05, 0) is 49.9 Å². The summed E-state index contributed by atoms with van der Waals surface area (Å²) in [4.78, 5) is 8.00. The van der Waals surface area contributed by atoms with Crippen LogP contribution in [0.3, 0.4) is 0 Å². The van der Waals surface area contributed by atoms with E-state index in [2.05, 4.69) is 0 Å². The Morgan fingerprint density at radius 3 is 2.19 bits per heavy atom. The Morgan fingerprint density at radius 2 is 1.65 bits per heavy atom. The lowest BCUT2D eigenvalue weighted by molar-refractivity contribution is -0.177. The molecule has 5 rings (SSSR count). The molecule has 2 atom stereocenters. The third-order valence-corrected chi connectivity index (χ3v) is 6.38. The molecule has 3 aliphatic rings. The van der Waals surface area contributed by atoms with Gasteiger partial charge in [-0.15, -0.1) is 0 Å². The fraction of sp³-hybridized carbons (Fsp3) is 0.480. The maximum Gasteiger partial charge on any atom is 0.165 e. The zero-order valence-electron chi connectivity index (χ0n) is 18.4. The number of carbonyl (C=O) groups excluding carboxylic acids is 1. The number of hydrogen-bond donors (Lipinski definition) is 0. The Kier molecular flexibility index (Phi) is 9.45. The average molecular weight is 453 g/mol. The third-order valence-electron chi connectivity index (χ3n) is 6.12. The minimum absolute atomic E-state index is 0.0806. The van der Waals surface area contributed by atoms with Crippen molar-refractivity contribution in [1.82, 2.24) is 0 Å². The summed E-state index contributed by atoms with van der Waals surface area (Å²) in [6, 6.07) is 10.1. The Bertz CT molecular complexity index is 816. The SMILES string of the molecule is C=O.CC.Cc1ccc(Cl)cc1.Fc1ccc(F)c2c1OC[C@@H]1C2CCCC12COC2. The zero-order chi connectivity index (χ0) is 23.0. The Morgan fingerprint density at radius 1 is 1.03 bits per heavy atom. The van der Waals surface area contributed by atoms with E-state index in [4.69, 9.17) is 25.9 Å². The van der Waals surface area contributed by atoms with Crippen molar-refractivity contribution < 1.29 is 23.0 Å². The molecule has 2 aromatic rings. The molecule has 170 valence electrons. The van der Waals surface area contributed by atoms with Crippen LogP contribution in [0, 0.1) is 29.9 Å². The summed E-state index contributed by atoms with van der Waals surface area (Å²) in [5, 5.41) is 0.801. The van der Waals surface area contributed by atoms with Crippen molar-refractivity contribution in [2.45, 2.75) is 46.0 Å². The van der Waals surface area contributed by atoms with Gasteiger partial charge in [-0.2, -0.15) is 0 Å². The quantitative estimate of drug-likeness (QED) is 0.443. The first kappa shape index (κ1) is 25.3. The van der Waals surface area contributed by atoms with Gasteiger partial charge in [0.15, 0.2) is 11.6 Å². The van der Waals surface area contributed by atoms with Crippen LogP contribution in [0.1, 0.15) is 50.2 Å². The van der Waals surface area contributed by atoms with E-state index >= 15 is 0 Å². The van der Waals surface area contributed by atoms with Crippen LogP contribution < -0.4 is 4.74 Å². The number of ether oxygens (including phenoxy) is 2. The van der Waals surface area contributed by atoms with Gasteiger partial charge >= 0.3 is 0 Å². The van der Waals surface area contributed by atoms with Crippen LogP contribution in [-0.2, 0) is 9.53 Å². The maximum atomic E-state index is 14.1.